The predicted molar refractivity (Wildman–Crippen MR) is 65.4 cm³/mol. The molecule has 0 aliphatic carbocycles. The lowest BCUT2D eigenvalue weighted by atomic mass is 10.2. The van der Waals surface area contributed by atoms with E-state index in [0.29, 0.717) is 0 Å². The molecule has 0 radical (unpaired) electrons. The third-order valence-electron chi connectivity index (χ3n) is 2.71. The fourth-order valence-electron chi connectivity index (χ4n) is 1.88. The van der Waals surface area contributed by atoms with Gasteiger partial charge in [-0.3, -0.25) is 0 Å². The second-order valence-electron chi connectivity index (χ2n) is 4.15. The Labute approximate surface area is 97.8 Å². The first kappa shape index (κ1) is 10.4. The van der Waals surface area contributed by atoms with Crippen molar-refractivity contribution in [2.24, 2.45) is 0 Å². The van der Waals surface area contributed by atoms with E-state index in [1.54, 1.807) is 0 Å². The van der Waals surface area contributed by atoms with Crippen LogP contribution in [0.3, 0.4) is 0 Å². The van der Waals surface area contributed by atoms with E-state index in [4.69, 9.17) is 0 Å². The van der Waals surface area contributed by atoms with Gasteiger partial charge in [-0.1, -0.05) is 6.08 Å². The number of quaternary nitrogens is 1. The zero-order chi connectivity index (χ0) is 10.0. The van der Waals surface area contributed by atoms with Gasteiger partial charge in [-0.2, -0.15) is 0 Å². The van der Waals surface area contributed by atoms with Crippen LogP contribution in [0.15, 0.2) is 28.1 Å². The van der Waals surface area contributed by atoms with Gasteiger partial charge < -0.3 is 4.48 Å². The standard InChI is InChI=1S/C11H15BrNS/c1-13(7-3-2-4-8-13)9-10-5-6-11(12)14-10/h2-3,5-6H,4,7-9H2,1H3/q+1. The molecule has 3 heteroatoms. The number of rotatable bonds is 2. The molecule has 0 fully saturated rings. The highest BCUT2D eigenvalue weighted by atomic mass is 79.9. The van der Waals surface area contributed by atoms with Gasteiger partial charge in [0.15, 0.2) is 0 Å². The lowest BCUT2D eigenvalue weighted by Crippen LogP contribution is -2.45. The Morgan fingerprint density at radius 2 is 2.29 bits per heavy atom. The van der Waals surface area contributed by atoms with Crippen molar-refractivity contribution in [1.29, 1.82) is 0 Å². The minimum atomic E-state index is 1.16. The van der Waals surface area contributed by atoms with Crippen LogP contribution >= 0.6 is 27.3 Å². The Hall–Kier alpha value is -0.120. The van der Waals surface area contributed by atoms with Crippen molar-refractivity contribution in [1.82, 2.24) is 0 Å². The number of halogens is 1. The molecule has 0 aromatic carbocycles. The largest absolute Gasteiger partial charge is 0.318 e. The fourth-order valence-corrected chi connectivity index (χ4v) is 3.54. The second-order valence-corrected chi connectivity index (χ2v) is 6.70. The van der Waals surface area contributed by atoms with Gasteiger partial charge in [0.1, 0.15) is 6.54 Å². The number of hydrogen-bond acceptors (Lipinski definition) is 1. The molecule has 0 bridgehead atoms. The molecule has 0 amide bonds. The SMILES string of the molecule is C[N+]1(Cc2ccc(Br)s2)CC=CCC1. The van der Waals surface area contributed by atoms with Gasteiger partial charge in [-0.15, -0.1) is 11.3 Å². The van der Waals surface area contributed by atoms with Crippen LogP contribution < -0.4 is 0 Å². The lowest BCUT2D eigenvalue weighted by molar-refractivity contribution is -0.917. The van der Waals surface area contributed by atoms with Crippen molar-refractivity contribution in [3.05, 3.63) is 32.9 Å². The molecule has 0 N–H and O–H groups in total. The number of likely N-dealkylation sites (N-methyl/N-ethyl adjacent to an activating group) is 1. The Morgan fingerprint density at radius 3 is 2.86 bits per heavy atom. The monoisotopic (exact) mass is 272 g/mol. The molecule has 1 unspecified atom stereocenters. The number of thiophene rings is 1. The van der Waals surface area contributed by atoms with Gasteiger partial charge in [-0.25, -0.2) is 0 Å². The molecule has 14 heavy (non-hydrogen) atoms. The summed E-state index contributed by atoms with van der Waals surface area (Å²) in [6, 6.07) is 4.38. The van der Waals surface area contributed by atoms with E-state index < -0.39 is 0 Å². The van der Waals surface area contributed by atoms with Crippen molar-refractivity contribution in [3.8, 4) is 0 Å². The van der Waals surface area contributed by atoms with E-state index in [1.807, 2.05) is 11.3 Å². The van der Waals surface area contributed by atoms with Crippen LogP contribution in [0.2, 0.25) is 0 Å². The molecule has 1 aliphatic rings. The minimum absolute atomic E-state index is 1.16. The van der Waals surface area contributed by atoms with Crippen LogP contribution in [0.5, 0.6) is 0 Å². The van der Waals surface area contributed by atoms with Crippen LogP contribution in [0.1, 0.15) is 11.3 Å². The Bertz CT molecular complexity index is 345. The first-order valence-electron chi connectivity index (χ1n) is 4.91. The normalized spacial score (nSPS) is 26.7. The van der Waals surface area contributed by atoms with E-state index in [2.05, 4.69) is 47.3 Å². The smallest absolute Gasteiger partial charge is 0.114 e. The average molecular weight is 273 g/mol. The molecule has 0 spiro atoms. The molecule has 1 aromatic heterocycles. The molecule has 1 aromatic rings. The van der Waals surface area contributed by atoms with Crippen LogP contribution in [-0.2, 0) is 6.54 Å². The molecule has 76 valence electrons. The molecule has 0 saturated carbocycles. The van der Waals surface area contributed by atoms with E-state index in [1.165, 1.54) is 34.7 Å². The Balaban J connectivity index is 2.06. The maximum Gasteiger partial charge on any atom is 0.114 e. The summed E-state index contributed by atoms with van der Waals surface area (Å²) in [6.45, 7) is 3.61. The summed E-state index contributed by atoms with van der Waals surface area (Å²) in [4.78, 5) is 1.48. The lowest BCUT2D eigenvalue weighted by Gasteiger charge is -2.34. The van der Waals surface area contributed by atoms with E-state index in [-0.39, 0.29) is 0 Å². The maximum absolute atomic E-state index is 3.51. The summed E-state index contributed by atoms with van der Waals surface area (Å²) in [5.74, 6) is 0. The topological polar surface area (TPSA) is 0 Å². The summed E-state index contributed by atoms with van der Waals surface area (Å²) in [6.07, 6.45) is 5.83. The van der Waals surface area contributed by atoms with Crippen LogP contribution in [0.25, 0.3) is 0 Å². The van der Waals surface area contributed by atoms with Crippen LogP contribution in [-0.4, -0.2) is 24.6 Å². The highest BCUT2D eigenvalue weighted by Crippen LogP contribution is 2.26. The highest BCUT2D eigenvalue weighted by molar-refractivity contribution is 9.11. The maximum atomic E-state index is 3.51. The van der Waals surface area contributed by atoms with E-state index in [9.17, 15) is 0 Å². The summed E-state index contributed by atoms with van der Waals surface area (Å²) in [7, 11) is 2.34. The Kier molecular flexibility index (Phi) is 3.10. The van der Waals surface area contributed by atoms with Crippen molar-refractivity contribution in [3.63, 3.8) is 0 Å². The molecule has 1 atom stereocenters. The first-order valence-corrected chi connectivity index (χ1v) is 6.52. The average Bonchev–Trinajstić information content (AvgIpc) is 2.51. The Morgan fingerprint density at radius 1 is 1.43 bits per heavy atom. The minimum Gasteiger partial charge on any atom is -0.318 e. The second kappa shape index (κ2) is 4.17. The van der Waals surface area contributed by atoms with Crippen molar-refractivity contribution in [2.75, 3.05) is 20.1 Å². The van der Waals surface area contributed by atoms with Gasteiger partial charge >= 0.3 is 0 Å². The number of hydrogen-bond donors (Lipinski definition) is 0. The molecular formula is C11H15BrNS+. The molecular weight excluding hydrogens is 258 g/mol. The summed E-state index contributed by atoms with van der Waals surface area (Å²) in [5.41, 5.74) is 0. The summed E-state index contributed by atoms with van der Waals surface area (Å²) < 4.78 is 2.40. The fraction of sp³-hybridized carbons (Fsp3) is 0.455. The van der Waals surface area contributed by atoms with E-state index in [0.717, 1.165) is 4.48 Å². The first-order chi connectivity index (χ1) is 6.68. The third kappa shape index (κ3) is 2.47. The predicted octanol–water partition coefficient (Wildman–Crippen LogP) is 3.42. The summed E-state index contributed by atoms with van der Waals surface area (Å²) >= 11 is 5.37. The molecule has 1 aliphatic heterocycles. The molecule has 2 heterocycles. The quantitative estimate of drug-likeness (QED) is 0.572. The third-order valence-corrected chi connectivity index (χ3v) is 4.32. The van der Waals surface area contributed by atoms with Crippen LogP contribution in [0, 0.1) is 0 Å². The van der Waals surface area contributed by atoms with Crippen molar-refractivity contribution >= 4 is 27.3 Å². The zero-order valence-electron chi connectivity index (χ0n) is 8.37. The van der Waals surface area contributed by atoms with Crippen molar-refractivity contribution in [2.45, 2.75) is 13.0 Å². The van der Waals surface area contributed by atoms with Gasteiger partial charge in [0.05, 0.1) is 28.8 Å². The van der Waals surface area contributed by atoms with Gasteiger partial charge in [-0.05, 0) is 34.1 Å². The van der Waals surface area contributed by atoms with Crippen molar-refractivity contribution < 1.29 is 4.48 Å². The van der Waals surface area contributed by atoms with Crippen LogP contribution in [0.4, 0.5) is 0 Å². The summed E-state index contributed by atoms with van der Waals surface area (Å²) in [5, 5.41) is 0. The van der Waals surface area contributed by atoms with E-state index >= 15 is 0 Å². The van der Waals surface area contributed by atoms with Gasteiger partial charge in [0.25, 0.3) is 0 Å². The van der Waals surface area contributed by atoms with Gasteiger partial charge in [0, 0.05) is 6.42 Å². The highest BCUT2D eigenvalue weighted by Gasteiger charge is 2.22. The molecule has 0 saturated heterocycles. The zero-order valence-corrected chi connectivity index (χ0v) is 10.8. The number of nitrogens with zero attached hydrogens (tertiary/aromatic N) is 1. The molecule has 2 rings (SSSR count). The molecule has 1 nitrogen and oxygen atoms in total. The van der Waals surface area contributed by atoms with Gasteiger partial charge in [0.2, 0.25) is 0 Å².